The average molecular weight is 535 g/mol. The van der Waals surface area contributed by atoms with Crippen molar-refractivity contribution >= 4 is 17.7 Å². The number of aliphatic carboxylic acids is 1. The van der Waals surface area contributed by atoms with Crippen molar-refractivity contribution in [3.63, 3.8) is 0 Å². The summed E-state index contributed by atoms with van der Waals surface area (Å²) in [7, 11) is 1.49. The van der Waals surface area contributed by atoms with Gasteiger partial charge in [-0.3, -0.25) is 4.79 Å². The van der Waals surface area contributed by atoms with Gasteiger partial charge in [0.2, 0.25) is 5.91 Å². The lowest BCUT2D eigenvalue weighted by Gasteiger charge is -2.33. The topological polar surface area (TPSA) is 104 Å². The molecular weight excluding hydrogens is 487 g/mol. The standard InChI is InChI=1S/C29H47FN4O4/c1-29(14-5-3-6-15-29)19-26(35)33-25(28(36)37)13-18-34(21-24(20-30)38-2)17-7-4-10-23-12-11-22-9-8-16-31-27(22)32-23/h11-12,24-25H,3-10,13-21H2,1-2H3,(H,31,32)(H,33,35)(H,36,37)/t24-,25+/m1/s1. The van der Waals surface area contributed by atoms with E-state index >= 15 is 0 Å². The van der Waals surface area contributed by atoms with Crippen molar-refractivity contribution in [2.45, 2.75) is 96.1 Å². The quantitative estimate of drug-likeness (QED) is 0.271. The molecule has 9 heteroatoms. The molecule has 3 N–H and O–H groups in total. The average Bonchev–Trinajstić information content (AvgIpc) is 2.91. The number of aryl methyl sites for hydroxylation is 2. The molecule has 0 saturated heterocycles. The summed E-state index contributed by atoms with van der Waals surface area (Å²) in [6.07, 6.45) is 10.4. The number of carboxylic acid groups (broad SMARTS) is 1. The molecule has 38 heavy (non-hydrogen) atoms. The first-order chi connectivity index (χ1) is 18.3. The number of carbonyl (C=O) groups excluding carboxylic acids is 1. The number of aromatic nitrogens is 1. The predicted octanol–water partition coefficient (Wildman–Crippen LogP) is 4.37. The molecule has 0 bridgehead atoms. The lowest BCUT2D eigenvalue weighted by Crippen LogP contribution is -2.45. The first kappa shape index (κ1) is 30.3. The van der Waals surface area contributed by atoms with Crippen molar-refractivity contribution in [1.82, 2.24) is 15.2 Å². The third kappa shape index (κ3) is 9.80. The molecule has 2 aliphatic rings. The molecule has 1 aromatic rings. The van der Waals surface area contributed by atoms with E-state index in [0.29, 0.717) is 26.1 Å². The Bertz CT molecular complexity index is 889. The smallest absolute Gasteiger partial charge is 0.326 e. The van der Waals surface area contributed by atoms with Gasteiger partial charge in [0.25, 0.3) is 0 Å². The third-order valence-electron chi connectivity index (χ3n) is 8.09. The number of carbonyl (C=O) groups is 2. The molecule has 214 valence electrons. The van der Waals surface area contributed by atoms with Crippen LogP contribution in [0.5, 0.6) is 0 Å². The molecule has 0 aromatic carbocycles. The molecule has 1 fully saturated rings. The fourth-order valence-electron chi connectivity index (χ4n) is 5.70. The van der Waals surface area contributed by atoms with E-state index in [1.807, 2.05) is 0 Å². The maximum absolute atomic E-state index is 13.4. The van der Waals surface area contributed by atoms with Crippen molar-refractivity contribution in [1.29, 1.82) is 0 Å². The second-order valence-corrected chi connectivity index (χ2v) is 11.4. The summed E-state index contributed by atoms with van der Waals surface area (Å²) < 4.78 is 18.7. The Kier molecular flexibility index (Phi) is 12.2. The highest BCUT2D eigenvalue weighted by Crippen LogP contribution is 2.38. The molecule has 2 atom stereocenters. The number of alkyl halides is 1. The lowest BCUT2D eigenvalue weighted by molar-refractivity contribution is -0.142. The van der Waals surface area contributed by atoms with Gasteiger partial charge in [0, 0.05) is 38.9 Å². The van der Waals surface area contributed by atoms with E-state index in [0.717, 1.165) is 75.8 Å². The summed E-state index contributed by atoms with van der Waals surface area (Å²) in [5.74, 6) is -0.229. The zero-order valence-corrected chi connectivity index (χ0v) is 23.3. The Hall–Kier alpha value is -2.26. The number of amides is 1. The number of hydrogen-bond acceptors (Lipinski definition) is 6. The monoisotopic (exact) mass is 534 g/mol. The molecule has 0 radical (unpaired) electrons. The van der Waals surface area contributed by atoms with Gasteiger partial charge in [-0.25, -0.2) is 14.2 Å². The lowest BCUT2D eigenvalue weighted by atomic mass is 9.73. The van der Waals surface area contributed by atoms with Crippen LogP contribution >= 0.6 is 0 Å². The molecule has 8 nitrogen and oxygen atoms in total. The fourth-order valence-corrected chi connectivity index (χ4v) is 5.70. The minimum atomic E-state index is -1.03. The molecule has 1 aliphatic carbocycles. The highest BCUT2D eigenvalue weighted by Gasteiger charge is 2.31. The first-order valence-electron chi connectivity index (χ1n) is 14.4. The minimum absolute atomic E-state index is 0.0484. The van der Waals surface area contributed by atoms with Gasteiger partial charge in [0.15, 0.2) is 0 Å². The number of fused-ring (bicyclic) bond motifs is 1. The third-order valence-corrected chi connectivity index (χ3v) is 8.09. The molecule has 2 heterocycles. The Morgan fingerprint density at radius 3 is 2.71 bits per heavy atom. The van der Waals surface area contributed by atoms with Crippen LogP contribution in [-0.2, 0) is 27.2 Å². The number of halogens is 1. The second kappa shape index (κ2) is 15.4. The summed E-state index contributed by atoms with van der Waals surface area (Å²) in [4.78, 5) is 31.5. The molecule has 1 aromatic heterocycles. The maximum Gasteiger partial charge on any atom is 0.326 e. The zero-order valence-electron chi connectivity index (χ0n) is 23.3. The number of rotatable bonds is 16. The van der Waals surface area contributed by atoms with Crippen molar-refractivity contribution in [2.75, 3.05) is 45.3 Å². The predicted molar refractivity (Wildman–Crippen MR) is 147 cm³/mol. The number of anilines is 1. The van der Waals surface area contributed by atoms with Gasteiger partial charge >= 0.3 is 5.97 Å². The van der Waals surface area contributed by atoms with Gasteiger partial charge in [-0.05, 0) is 75.0 Å². The van der Waals surface area contributed by atoms with Gasteiger partial charge in [0.05, 0.1) is 6.10 Å². The Labute approximate surface area is 227 Å². The van der Waals surface area contributed by atoms with Gasteiger partial charge < -0.3 is 25.4 Å². The molecule has 1 amide bonds. The summed E-state index contributed by atoms with van der Waals surface area (Å²) in [5, 5.41) is 15.9. The van der Waals surface area contributed by atoms with E-state index in [4.69, 9.17) is 9.72 Å². The van der Waals surface area contributed by atoms with Crippen LogP contribution in [0.15, 0.2) is 12.1 Å². The fraction of sp³-hybridized carbons (Fsp3) is 0.759. The van der Waals surface area contributed by atoms with Crippen LogP contribution < -0.4 is 10.6 Å². The number of carboxylic acids is 1. The van der Waals surface area contributed by atoms with Crippen molar-refractivity contribution in [2.24, 2.45) is 5.41 Å². The number of methoxy groups -OCH3 is 1. The maximum atomic E-state index is 13.4. The number of nitrogens with zero attached hydrogens (tertiary/aromatic N) is 2. The largest absolute Gasteiger partial charge is 0.480 e. The van der Waals surface area contributed by atoms with Gasteiger partial charge in [-0.15, -0.1) is 0 Å². The summed E-state index contributed by atoms with van der Waals surface area (Å²) >= 11 is 0. The van der Waals surface area contributed by atoms with Crippen molar-refractivity contribution in [3.05, 3.63) is 23.4 Å². The van der Waals surface area contributed by atoms with Crippen LogP contribution in [0.2, 0.25) is 0 Å². The summed E-state index contributed by atoms with van der Waals surface area (Å²) in [6.45, 7) is 4.01. The zero-order chi connectivity index (χ0) is 27.4. The van der Waals surface area contributed by atoms with E-state index in [9.17, 15) is 19.1 Å². The molecule has 1 saturated carbocycles. The number of ether oxygens (including phenoxy) is 1. The normalized spacial score (nSPS) is 18.3. The van der Waals surface area contributed by atoms with Crippen molar-refractivity contribution in [3.8, 4) is 0 Å². The molecule has 1 aliphatic heterocycles. The number of hydrogen-bond donors (Lipinski definition) is 3. The highest BCUT2D eigenvalue weighted by atomic mass is 19.1. The SMILES string of the molecule is CO[C@H](CF)CN(CCCCc1ccc2c(n1)NCCC2)CC[C@H](NC(=O)CC1(C)CCCCC1)C(=O)O. The van der Waals surface area contributed by atoms with Crippen LogP contribution in [0.3, 0.4) is 0 Å². The Morgan fingerprint density at radius 2 is 2.00 bits per heavy atom. The van der Waals surface area contributed by atoms with Crippen LogP contribution in [0.4, 0.5) is 10.2 Å². The number of pyridine rings is 1. The molecule has 0 spiro atoms. The van der Waals surface area contributed by atoms with Gasteiger partial charge in [-0.1, -0.05) is 32.3 Å². The first-order valence-corrected chi connectivity index (χ1v) is 14.4. The van der Waals surface area contributed by atoms with Crippen LogP contribution in [0.25, 0.3) is 0 Å². The second-order valence-electron chi connectivity index (χ2n) is 11.4. The van der Waals surface area contributed by atoms with Gasteiger partial charge in [0.1, 0.15) is 18.5 Å². The van der Waals surface area contributed by atoms with E-state index in [2.05, 4.69) is 34.6 Å². The van der Waals surface area contributed by atoms with E-state index in [1.54, 1.807) is 0 Å². The number of unbranched alkanes of at least 4 members (excludes halogenated alkanes) is 1. The molecular formula is C29H47FN4O4. The van der Waals surface area contributed by atoms with Crippen LogP contribution in [0, 0.1) is 5.41 Å². The Balaban J connectivity index is 1.49. The van der Waals surface area contributed by atoms with Crippen LogP contribution in [0.1, 0.15) is 82.4 Å². The van der Waals surface area contributed by atoms with Crippen molar-refractivity contribution < 1.29 is 23.8 Å². The summed E-state index contributed by atoms with van der Waals surface area (Å²) in [6, 6.07) is 3.30. The molecule has 3 rings (SSSR count). The van der Waals surface area contributed by atoms with E-state index < -0.39 is 24.8 Å². The number of nitrogens with one attached hydrogen (secondary N) is 2. The summed E-state index contributed by atoms with van der Waals surface area (Å²) in [5.41, 5.74) is 2.28. The Morgan fingerprint density at radius 1 is 1.21 bits per heavy atom. The van der Waals surface area contributed by atoms with Crippen LogP contribution in [-0.4, -0.2) is 79.0 Å². The highest BCUT2D eigenvalue weighted by molar-refractivity contribution is 5.83. The van der Waals surface area contributed by atoms with E-state index in [1.165, 1.54) is 19.1 Å². The molecule has 0 unspecified atom stereocenters. The minimum Gasteiger partial charge on any atom is -0.480 e. The van der Waals surface area contributed by atoms with Gasteiger partial charge in [-0.2, -0.15) is 0 Å². The van der Waals surface area contributed by atoms with E-state index in [-0.39, 0.29) is 17.7 Å².